The first-order valence-electron chi connectivity index (χ1n) is 3.64. The monoisotopic (exact) mass is 132 g/mol. The van der Waals surface area contributed by atoms with E-state index in [0.717, 1.165) is 0 Å². The lowest BCUT2D eigenvalue weighted by Crippen LogP contribution is -2.33. The summed E-state index contributed by atoms with van der Waals surface area (Å²) in [6.45, 7) is 2.54. The molecule has 1 atom stereocenters. The van der Waals surface area contributed by atoms with E-state index < -0.39 is 12.0 Å². The zero-order valence-corrected chi connectivity index (χ0v) is 5.55. The molecule has 0 aromatic rings. The van der Waals surface area contributed by atoms with E-state index in [1.807, 2.05) is 0 Å². The number of carboxylic acids is 1. The van der Waals surface area contributed by atoms with Crippen LogP contribution in [0.2, 0.25) is 0 Å². The highest BCUT2D eigenvalue weighted by atomic mass is 16.4. The van der Waals surface area contributed by atoms with Crippen molar-refractivity contribution in [1.82, 2.24) is 5.32 Å². The summed E-state index contributed by atoms with van der Waals surface area (Å²) in [5.74, 6) is -0.843. The molecule has 0 saturated carbocycles. The van der Waals surface area contributed by atoms with E-state index in [2.05, 4.69) is 5.32 Å². The van der Waals surface area contributed by atoms with E-state index in [1.54, 1.807) is 6.92 Å². The van der Waals surface area contributed by atoms with Crippen LogP contribution in [0.5, 0.6) is 0 Å². The summed E-state index contributed by atoms with van der Waals surface area (Å²) in [5.41, 5.74) is 0. The SMILES string of the molecule is [2H]CCCN[C@@H](C)C(=O)O. The van der Waals surface area contributed by atoms with E-state index in [4.69, 9.17) is 6.48 Å². The third-order valence-corrected chi connectivity index (χ3v) is 0.998. The Morgan fingerprint density at radius 2 is 2.67 bits per heavy atom. The lowest BCUT2D eigenvalue weighted by Gasteiger charge is -2.05. The van der Waals surface area contributed by atoms with Crippen molar-refractivity contribution in [2.45, 2.75) is 26.3 Å². The van der Waals surface area contributed by atoms with Crippen LogP contribution in [0.4, 0.5) is 0 Å². The second-order valence-corrected chi connectivity index (χ2v) is 1.87. The average Bonchev–Trinajstić information content (AvgIpc) is 1.88. The van der Waals surface area contributed by atoms with Crippen molar-refractivity contribution >= 4 is 5.97 Å². The lowest BCUT2D eigenvalue weighted by molar-refractivity contribution is -0.138. The van der Waals surface area contributed by atoms with Crippen LogP contribution < -0.4 is 5.32 Å². The Hall–Kier alpha value is -0.570. The summed E-state index contributed by atoms with van der Waals surface area (Å²) in [7, 11) is 0. The summed E-state index contributed by atoms with van der Waals surface area (Å²) < 4.78 is 6.77. The first-order valence-corrected chi connectivity index (χ1v) is 2.94. The van der Waals surface area contributed by atoms with Gasteiger partial charge in [-0.2, -0.15) is 0 Å². The van der Waals surface area contributed by atoms with Gasteiger partial charge in [0.05, 0.1) is 0 Å². The Labute approximate surface area is 56.5 Å². The van der Waals surface area contributed by atoms with Crippen molar-refractivity contribution in [3.8, 4) is 0 Å². The van der Waals surface area contributed by atoms with Gasteiger partial charge in [0.15, 0.2) is 0 Å². The molecule has 0 saturated heterocycles. The second kappa shape index (κ2) is 4.32. The standard InChI is InChI=1S/C6H13NO2/c1-3-4-7-5(2)6(8)9/h5,7H,3-4H2,1-2H3,(H,8,9)/t5-/m0/s1/i1D. The molecule has 0 fully saturated rings. The Morgan fingerprint density at radius 1 is 2.00 bits per heavy atom. The molecule has 0 aliphatic heterocycles. The lowest BCUT2D eigenvalue weighted by atomic mass is 10.3. The number of hydrogen-bond donors (Lipinski definition) is 2. The maximum absolute atomic E-state index is 10.2. The third kappa shape index (κ3) is 3.97. The van der Waals surface area contributed by atoms with Crippen LogP contribution >= 0.6 is 0 Å². The molecule has 0 unspecified atom stereocenters. The molecule has 2 N–H and O–H groups in total. The van der Waals surface area contributed by atoms with E-state index in [-0.39, 0.29) is 0 Å². The van der Waals surface area contributed by atoms with E-state index in [9.17, 15) is 4.79 Å². The molecule has 0 spiro atoms. The smallest absolute Gasteiger partial charge is 0.320 e. The topological polar surface area (TPSA) is 49.3 Å². The summed E-state index contributed by atoms with van der Waals surface area (Å²) in [4.78, 5) is 10.2. The van der Waals surface area contributed by atoms with Crippen LogP contribution in [0.25, 0.3) is 0 Å². The fourth-order valence-corrected chi connectivity index (χ4v) is 0.406. The normalized spacial score (nSPS) is 14.6. The summed E-state index contributed by atoms with van der Waals surface area (Å²) >= 11 is 0. The van der Waals surface area contributed by atoms with Gasteiger partial charge in [-0.15, -0.1) is 0 Å². The zero-order valence-electron chi connectivity index (χ0n) is 6.55. The van der Waals surface area contributed by atoms with Crippen molar-refractivity contribution < 1.29 is 11.3 Å². The van der Waals surface area contributed by atoms with Gasteiger partial charge in [-0.1, -0.05) is 6.90 Å². The minimum atomic E-state index is -0.843. The molecule has 0 heterocycles. The van der Waals surface area contributed by atoms with Gasteiger partial charge < -0.3 is 10.4 Å². The molecule has 54 valence electrons. The average molecular weight is 132 g/mol. The number of hydrogen-bond acceptors (Lipinski definition) is 2. The van der Waals surface area contributed by atoms with Gasteiger partial charge in [0.1, 0.15) is 6.04 Å². The van der Waals surface area contributed by atoms with Gasteiger partial charge in [0.2, 0.25) is 0 Å². The molecular weight excluding hydrogens is 118 g/mol. The molecule has 0 amide bonds. The van der Waals surface area contributed by atoms with Crippen molar-refractivity contribution in [2.75, 3.05) is 6.54 Å². The fourth-order valence-electron chi connectivity index (χ4n) is 0.406. The molecule has 9 heavy (non-hydrogen) atoms. The van der Waals surface area contributed by atoms with Crippen LogP contribution in [0.15, 0.2) is 0 Å². The predicted molar refractivity (Wildman–Crippen MR) is 35.4 cm³/mol. The largest absolute Gasteiger partial charge is 0.480 e. The number of aliphatic carboxylic acids is 1. The molecule has 3 heteroatoms. The van der Waals surface area contributed by atoms with E-state index >= 15 is 0 Å². The molecule has 0 aromatic carbocycles. The van der Waals surface area contributed by atoms with Gasteiger partial charge >= 0.3 is 5.97 Å². The summed E-state index contributed by atoms with van der Waals surface area (Å²) in [6.07, 6.45) is 0.706. The van der Waals surface area contributed by atoms with Crippen molar-refractivity contribution in [3.63, 3.8) is 0 Å². The van der Waals surface area contributed by atoms with Crippen LogP contribution in [-0.2, 0) is 4.79 Å². The molecular formula is C6H13NO2. The molecule has 0 radical (unpaired) electrons. The first-order chi connectivity index (χ1) is 4.68. The van der Waals surface area contributed by atoms with Crippen molar-refractivity contribution in [2.24, 2.45) is 0 Å². The minimum Gasteiger partial charge on any atom is -0.480 e. The highest BCUT2D eigenvalue weighted by Crippen LogP contribution is 1.80. The predicted octanol–water partition coefficient (Wildman–Crippen LogP) is 0.459. The molecule has 0 aliphatic rings. The highest BCUT2D eigenvalue weighted by molar-refractivity contribution is 5.72. The van der Waals surface area contributed by atoms with Gasteiger partial charge in [0, 0.05) is 1.37 Å². The van der Waals surface area contributed by atoms with Gasteiger partial charge in [-0.3, -0.25) is 4.79 Å². The zero-order chi connectivity index (χ0) is 7.98. The van der Waals surface area contributed by atoms with E-state index in [0.29, 0.717) is 19.9 Å². The number of rotatable bonds is 4. The molecule has 0 rings (SSSR count). The maximum atomic E-state index is 10.2. The van der Waals surface area contributed by atoms with Crippen LogP contribution in [-0.4, -0.2) is 23.7 Å². The molecule has 0 aromatic heterocycles. The van der Waals surface area contributed by atoms with Crippen molar-refractivity contribution in [1.29, 1.82) is 0 Å². The first kappa shape index (κ1) is 6.55. The van der Waals surface area contributed by atoms with Crippen LogP contribution in [0.1, 0.15) is 21.6 Å². The fraction of sp³-hybridized carbons (Fsp3) is 0.833. The summed E-state index contributed by atoms with van der Waals surface area (Å²) in [6, 6.07) is -0.494. The van der Waals surface area contributed by atoms with Crippen LogP contribution in [0, 0.1) is 0 Å². The quantitative estimate of drug-likeness (QED) is 0.546. The Bertz CT molecular complexity index is 108. The Balaban J connectivity index is 3.21. The highest BCUT2D eigenvalue weighted by Gasteiger charge is 2.06. The van der Waals surface area contributed by atoms with Crippen LogP contribution in [0.3, 0.4) is 0 Å². The van der Waals surface area contributed by atoms with Gasteiger partial charge in [-0.25, -0.2) is 0 Å². The number of carbonyl (C=O) groups is 1. The van der Waals surface area contributed by atoms with Crippen molar-refractivity contribution in [3.05, 3.63) is 0 Å². The Morgan fingerprint density at radius 3 is 3.11 bits per heavy atom. The van der Waals surface area contributed by atoms with E-state index in [1.165, 1.54) is 0 Å². The Kier molecular flexibility index (Phi) is 3.15. The molecule has 0 aliphatic carbocycles. The molecule has 3 nitrogen and oxygen atoms in total. The second-order valence-electron chi connectivity index (χ2n) is 1.87. The van der Waals surface area contributed by atoms with Gasteiger partial charge in [-0.05, 0) is 19.9 Å². The molecule has 0 bridgehead atoms. The summed E-state index contributed by atoms with van der Waals surface area (Å²) in [5, 5.41) is 11.1. The third-order valence-electron chi connectivity index (χ3n) is 0.998. The maximum Gasteiger partial charge on any atom is 0.320 e. The number of nitrogens with one attached hydrogen (secondary N) is 1. The number of carboxylic acid groups (broad SMARTS) is 1. The minimum absolute atomic E-state index is 0.347. The van der Waals surface area contributed by atoms with Gasteiger partial charge in [0.25, 0.3) is 0 Å².